The van der Waals surface area contributed by atoms with Gasteiger partial charge in [0, 0.05) is 75.1 Å². The number of anilines is 1. The smallest absolute Gasteiger partial charge is 0.191 e. The summed E-state index contributed by atoms with van der Waals surface area (Å²) < 4.78 is 11.2. The summed E-state index contributed by atoms with van der Waals surface area (Å²) >= 11 is 6.16. The van der Waals surface area contributed by atoms with E-state index in [4.69, 9.17) is 21.1 Å². The average Bonchev–Trinajstić information content (AvgIpc) is 3.46. The van der Waals surface area contributed by atoms with Crippen LogP contribution in [-0.2, 0) is 9.47 Å². The summed E-state index contributed by atoms with van der Waals surface area (Å²) in [6.45, 7) is 8.19. The fraction of sp³-hybridized carbons (Fsp3) is 0.682. The lowest BCUT2D eigenvalue weighted by atomic mass is 9.97. The monoisotopic (exact) mass is 435 g/mol. The Hall–Kier alpha value is -1.54. The number of hydrogen-bond acceptors (Lipinski definition) is 5. The van der Waals surface area contributed by atoms with Crippen molar-refractivity contribution in [2.24, 2.45) is 10.9 Å². The highest BCUT2D eigenvalue weighted by molar-refractivity contribution is 6.30. The Morgan fingerprint density at radius 1 is 1.20 bits per heavy atom. The molecular weight excluding hydrogens is 402 g/mol. The first kappa shape index (κ1) is 21.7. The van der Waals surface area contributed by atoms with E-state index >= 15 is 0 Å². The van der Waals surface area contributed by atoms with Crippen molar-refractivity contribution in [3.63, 3.8) is 0 Å². The van der Waals surface area contributed by atoms with E-state index < -0.39 is 0 Å². The lowest BCUT2D eigenvalue weighted by Gasteiger charge is -2.37. The SMILES string of the molecule is CN=C(NCC(C1CCOC1)N1CCOCC1)NC1CCN(c2cccc(Cl)c2)C1. The lowest BCUT2D eigenvalue weighted by molar-refractivity contribution is 0.00246. The topological polar surface area (TPSA) is 61.4 Å². The summed E-state index contributed by atoms with van der Waals surface area (Å²) in [7, 11) is 1.85. The molecule has 0 bridgehead atoms. The van der Waals surface area contributed by atoms with Gasteiger partial charge in [-0.3, -0.25) is 9.89 Å². The molecule has 166 valence electrons. The van der Waals surface area contributed by atoms with Crippen LogP contribution in [0.5, 0.6) is 0 Å². The molecular formula is C22H34ClN5O2. The van der Waals surface area contributed by atoms with Crippen molar-refractivity contribution in [1.82, 2.24) is 15.5 Å². The summed E-state index contributed by atoms with van der Waals surface area (Å²) in [5.41, 5.74) is 1.18. The van der Waals surface area contributed by atoms with Crippen molar-refractivity contribution in [2.75, 3.05) is 71.1 Å². The van der Waals surface area contributed by atoms with Gasteiger partial charge in [-0.1, -0.05) is 17.7 Å². The fourth-order valence-corrected chi connectivity index (χ4v) is 4.92. The van der Waals surface area contributed by atoms with E-state index in [-0.39, 0.29) is 0 Å². The molecule has 3 aliphatic heterocycles. The molecule has 8 heteroatoms. The van der Waals surface area contributed by atoms with E-state index in [9.17, 15) is 0 Å². The van der Waals surface area contributed by atoms with Crippen LogP contribution in [0.25, 0.3) is 0 Å². The molecule has 3 atom stereocenters. The zero-order chi connectivity index (χ0) is 20.8. The van der Waals surface area contributed by atoms with Crippen molar-refractivity contribution < 1.29 is 9.47 Å². The largest absolute Gasteiger partial charge is 0.381 e. The average molecular weight is 436 g/mol. The third-order valence-electron chi connectivity index (χ3n) is 6.43. The van der Waals surface area contributed by atoms with Gasteiger partial charge in [0.15, 0.2) is 5.96 Å². The molecule has 0 saturated carbocycles. The highest BCUT2D eigenvalue weighted by Crippen LogP contribution is 2.24. The van der Waals surface area contributed by atoms with E-state index in [1.54, 1.807) is 0 Å². The second kappa shape index (κ2) is 10.7. The van der Waals surface area contributed by atoms with Crippen molar-refractivity contribution in [1.29, 1.82) is 0 Å². The first-order chi connectivity index (χ1) is 14.7. The Morgan fingerprint density at radius 2 is 2.07 bits per heavy atom. The van der Waals surface area contributed by atoms with Gasteiger partial charge in [0.2, 0.25) is 0 Å². The first-order valence-electron chi connectivity index (χ1n) is 11.1. The summed E-state index contributed by atoms with van der Waals surface area (Å²) in [5, 5.41) is 8.00. The number of aliphatic imine (C=N–C) groups is 1. The molecule has 0 aromatic heterocycles. The van der Waals surface area contributed by atoms with Crippen LogP contribution in [0, 0.1) is 5.92 Å². The van der Waals surface area contributed by atoms with E-state index in [1.807, 2.05) is 25.2 Å². The highest BCUT2D eigenvalue weighted by Gasteiger charge is 2.32. The van der Waals surface area contributed by atoms with Gasteiger partial charge >= 0.3 is 0 Å². The Bertz CT molecular complexity index is 707. The maximum absolute atomic E-state index is 6.16. The number of guanidine groups is 1. The van der Waals surface area contributed by atoms with Crippen LogP contribution >= 0.6 is 11.6 Å². The molecule has 3 heterocycles. The molecule has 0 amide bonds. The molecule has 0 radical (unpaired) electrons. The zero-order valence-electron chi connectivity index (χ0n) is 17.9. The van der Waals surface area contributed by atoms with Crippen molar-refractivity contribution >= 4 is 23.2 Å². The molecule has 1 aromatic carbocycles. The third-order valence-corrected chi connectivity index (χ3v) is 6.66. The Labute approximate surface area is 184 Å². The number of rotatable bonds is 6. The predicted octanol–water partition coefficient (Wildman–Crippen LogP) is 1.82. The first-order valence-corrected chi connectivity index (χ1v) is 11.5. The second-order valence-electron chi connectivity index (χ2n) is 8.35. The van der Waals surface area contributed by atoms with Gasteiger partial charge in [0.1, 0.15) is 0 Å². The minimum atomic E-state index is 0.367. The maximum atomic E-state index is 6.16. The molecule has 2 N–H and O–H groups in total. The van der Waals surface area contributed by atoms with Gasteiger partial charge in [0.25, 0.3) is 0 Å². The van der Waals surface area contributed by atoms with Crippen LogP contribution in [-0.4, -0.2) is 89.1 Å². The van der Waals surface area contributed by atoms with Gasteiger partial charge in [-0.25, -0.2) is 0 Å². The number of hydrogen-bond donors (Lipinski definition) is 2. The van der Waals surface area contributed by atoms with Crippen molar-refractivity contribution in [2.45, 2.75) is 24.9 Å². The van der Waals surface area contributed by atoms with E-state index in [2.05, 4.69) is 31.5 Å². The summed E-state index contributed by atoms with van der Waals surface area (Å²) in [6.07, 6.45) is 2.21. The van der Waals surface area contributed by atoms with Crippen LogP contribution in [0.3, 0.4) is 0 Å². The molecule has 1 aromatic rings. The van der Waals surface area contributed by atoms with Gasteiger partial charge in [-0.2, -0.15) is 0 Å². The highest BCUT2D eigenvalue weighted by atomic mass is 35.5. The standard InChI is InChI=1S/C22H34ClN5O2/c1-24-22(26-19-5-7-28(15-19)20-4-2-3-18(23)13-20)25-14-21(17-6-10-30-16-17)27-8-11-29-12-9-27/h2-4,13,17,19,21H,5-12,14-16H2,1H3,(H2,24,25,26). The molecule has 0 spiro atoms. The van der Waals surface area contributed by atoms with Crippen LogP contribution in [0.1, 0.15) is 12.8 Å². The number of halogens is 1. The van der Waals surface area contributed by atoms with Gasteiger partial charge in [-0.15, -0.1) is 0 Å². The maximum Gasteiger partial charge on any atom is 0.191 e. The van der Waals surface area contributed by atoms with Gasteiger partial charge in [0.05, 0.1) is 19.8 Å². The van der Waals surface area contributed by atoms with Crippen LogP contribution < -0.4 is 15.5 Å². The Balaban J connectivity index is 1.30. The minimum Gasteiger partial charge on any atom is -0.381 e. The zero-order valence-corrected chi connectivity index (χ0v) is 18.6. The van der Waals surface area contributed by atoms with Crippen molar-refractivity contribution in [3.05, 3.63) is 29.3 Å². The summed E-state index contributed by atoms with van der Waals surface area (Å²) in [6, 6.07) is 8.90. The van der Waals surface area contributed by atoms with Crippen molar-refractivity contribution in [3.8, 4) is 0 Å². The van der Waals surface area contributed by atoms with Crippen LogP contribution in [0.4, 0.5) is 5.69 Å². The molecule has 4 rings (SSSR count). The molecule has 3 unspecified atom stereocenters. The predicted molar refractivity (Wildman–Crippen MR) is 122 cm³/mol. The summed E-state index contributed by atoms with van der Waals surface area (Å²) in [5.74, 6) is 1.45. The van der Waals surface area contributed by atoms with Gasteiger partial charge in [-0.05, 0) is 31.0 Å². The van der Waals surface area contributed by atoms with Crippen LogP contribution in [0.2, 0.25) is 5.02 Å². The van der Waals surface area contributed by atoms with Crippen LogP contribution in [0.15, 0.2) is 29.3 Å². The number of nitrogens with zero attached hydrogens (tertiary/aromatic N) is 3. The number of nitrogens with one attached hydrogen (secondary N) is 2. The Morgan fingerprint density at radius 3 is 2.80 bits per heavy atom. The second-order valence-corrected chi connectivity index (χ2v) is 8.78. The molecule has 3 saturated heterocycles. The fourth-order valence-electron chi connectivity index (χ4n) is 4.73. The lowest BCUT2D eigenvalue weighted by Crippen LogP contribution is -2.54. The van der Waals surface area contributed by atoms with E-state index in [0.29, 0.717) is 18.0 Å². The van der Waals surface area contributed by atoms with E-state index in [1.165, 1.54) is 5.69 Å². The molecule has 7 nitrogen and oxygen atoms in total. The van der Waals surface area contributed by atoms with E-state index in [0.717, 1.165) is 83.0 Å². The number of morpholine rings is 1. The minimum absolute atomic E-state index is 0.367. The normalized spacial score (nSPS) is 26.7. The molecule has 0 aliphatic carbocycles. The molecule has 30 heavy (non-hydrogen) atoms. The number of benzene rings is 1. The number of ether oxygens (including phenoxy) is 2. The quantitative estimate of drug-likeness (QED) is 0.525. The molecule has 3 fully saturated rings. The Kier molecular flexibility index (Phi) is 7.71. The third kappa shape index (κ3) is 5.58. The van der Waals surface area contributed by atoms with Gasteiger partial charge < -0.3 is 25.0 Å². The molecule has 3 aliphatic rings. The summed E-state index contributed by atoms with van der Waals surface area (Å²) in [4.78, 5) is 9.42.